The minimum atomic E-state index is 0.598. The van der Waals surface area contributed by atoms with Crippen LogP contribution >= 0.6 is 11.6 Å². The molecule has 1 heterocycles. The molecule has 94 valence electrons. The molecule has 0 atom stereocenters. The highest BCUT2D eigenvalue weighted by Gasteiger charge is 2.05. The Morgan fingerprint density at radius 3 is 2.56 bits per heavy atom. The largest absolute Gasteiger partial charge is 0.383 e. The molecular formula is C14H16ClN3. The zero-order chi connectivity index (χ0) is 13.0. The Balaban J connectivity index is 1.99. The zero-order valence-corrected chi connectivity index (χ0v) is 11.1. The van der Waals surface area contributed by atoms with Crippen molar-refractivity contribution in [2.24, 2.45) is 0 Å². The van der Waals surface area contributed by atoms with E-state index in [0.717, 1.165) is 23.7 Å². The van der Waals surface area contributed by atoms with Crippen molar-refractivity contribution in [3.63, 3.8) is 0 Å². The number of aromatic nitrogens is 1. The van der Waals surface area contributed by atoms with Gasteiger partial charge in [0.05, 0.1) is 0 Å². The Kier molecular flexibility index (Phi) is 4.18. The van der Waals surface area contributed by atoms with Crippen LogP contribution in [0.1, 0.15) is 11.1 Å². The molecule has 18 heavy (non-hydrogen) atoms. The quantitative estimate of drug-likeness (QED) is 0.920. The molecule has 2 rings (SSSR count). The van der Waals surface area contributed by atoms with Gasteiger partial charge >= 0.3 is 0 Å². The highest BCUT2D eigenvalue weighted by Crippen LogP contribution is 2.14. The summed E-state index contributed by atoms with van der Waals surface area (Å²) in [7, 11) is 2.06. The Hall–Kier alpha value is -1.58. The molecule has 0 radical (unpaired) electrons. The first-order valence-electron chi connectivity index (χ1n) is 5.77. The average Bonchev–Trinajstić information content (AvgIpc) is 2.35. The van der Waals surface area contributed by atoms with Gasteiger partial charge in [0.1, 0.15) is 5.82 Å². The van der Waals surface area contributed by atoms with E-state index in [9.17, 15) is 0 Å². The molecule has 2 aromatic rings. The molecule has 2 N–H and O–H groups in total. The summed E-state index contributed by atoms with van der Waals surface area (Å²) >= 11 is 5.86. The second-order valence-corrected chi connectivity index (χ2v) is 4.78. The summed E-state index contributed by atoms with van der Waals surface area (Å²) in [5, 5.41) is 0.762. The third-order valence-electron chi connectivity index (χ3n) is 2.73. The van der Waals surface area contributed by atoms with Crippen LogP contribution in [0.25, 0.3) is 0 Å². The highest BCUT2D eigenvalue weighted by atomic mass is 35.5. The summed E-state index contributed by atoms with van der Waals surface area (Å²) in [6.07, 6.45) is 1.71. The number of nitrogen functional groups attached to an aromatic ring is 1. The number of nitrogens with zero attached hydrogens (tertiary/aromatic N) is 2. The van der Waals surface area contributed by atoms with Gasteiger partial charge in [0.15, 0.2) is 0 Å². The van der Waals surface area contributed by atoms with E-state index in [-0.39, 0.29) is 0 Å². The summed E-state index contributed by atoms with van der Waals surface area (Å²) in [4.78, 5) is 6.28. The summed E-state index contributed by atoms with van der Waals surface area (Å²) in [6, 6.07) is 11.8. The lowest BCUT2D eigenvalue weighted by Gasteiger charge is -2.17. The van der Waals surface area contributed by atoms with E-state index in [0.29, 0.717) is 5.82 Å². The molecule has 0 saturated carbocycles. The van der Waals surface area contributed by atoms with Crippen molar-refractivity contribution in [2.75, 3.05) is 12.8 Å². The van der Waals surface area contributed by atoms with Gasteiger partial charge in [0.2, 0.25) is 0 Å². The smallest absolute Gasteiger partial charge is 0.127 e. The first kappa shape index (κ1) is 12.9. The number of halogens is 1. The zero-order valence-electron chi connectivity index (χ0n) is 10.3. The van der Waals surface area contributed by atoms with E-state index < -0.39 is 0 Å². The van der Waals surface area contributed by atoms with Crippen LogP contribution in [-0.4, -0.2) is 16.9 Å². The second kappa shape index (κ2) is 5.85. The van der Waals surface area contributed by atoms with Gasteiger partial charge in [-0.25, -0.2) is 4.98 Å². The van der Waals surface area contributed by atoms with Crippen LogP contribution in [0.2, 0.25) is 5.02 Å². The first-order valence-corrected chi connectivity index (χ1v) is 6.15. The Bertz CT molecular complexity index is 511. The molecule has 0 aliphatic carbocycles. The van der Waals surface area contributed by atoms with Crippen molar-refractivity contribution in [3.8, 4) is 0 Å². The molecule has 4 heteroatoms. The van der Waals surface area contributed by atoms with Gasteiger partial charge in [-0.3, -0.25) is 4.90 Å². The van der Waals surface area contributed by atoms with Crippen LogP contribution in [0.5, 0.6) is 0 Å². The van der Waals surface area contributed by atoms with Gasteiger partial charge in [-0.05, 0) is 30.8 Å². The summed E-state index contributed by atoms with van der Waals surface area (Å²) in [5.41, 5.74) is 8.10. The summed E-state index contributed by atoms with van der Waals surface area (Å²) in [5.74, 6) is 0.598. The minimum absolute atomic E-state index is 0.598. The molecule has 0 spiro atoms. The van der Waals surface area contributed by atoms with E-state index in [1.165, 1.54) is 5.56 Å². The predicted octanol–water partition coefficient (Wildman–Crippen LogP) is 2.95. The van der Waals surface area contributed by atoms with Crippen molar-refractivity contribution in [2.45, 2.75) is 13.1 Å². The molecule has 0 amide bonds. The van der Waals surface area contributed by atoms with Gasteiger partial charge in [-0.2, -0.15) is 0 Å². The SMILES string of the molecule is CN(Cc1ccc(Cl)cc1)Cc1cccnc1N. The normalized spacial score (nSPS) is 10.8. The minimum Gasteiger partial charge on any atom is -0.383 e. The Labute approximate surface area is 112 Å². The number of rotatable bonds is 4. The monoisotopic (exact) mass is 261 g/mol. The number of pyridine rings is 1. The Morgan fingerprint density at radius 1 is 1.17 bits per heavy atom. The summed E-state index contributed by atoms with van der Waals surface area (Å²) in [6.45, 7) is 1.63. The van der Waals surface area contributed by atoms with Crippen molar-refractivity contribution in [3.05, 3.63) is 58.7 Å². The van der Waals surface area contributed by atoms with Gasteiger partial charge in [-0.1, -0.05) is 29.8 Å². The lowest BCUT2D eigenvalue weighted by Crippen LogP contribution is -2.18. The molecule has 0 fully saturated rings. The number of nitrogens with two attached hydrogens (primary N) is 1. The fourth-order valence-corrected chi connectivity index (χ4v) is 1.96. The molecule has 0 aliphatic heterocycles. The topological polar surface area (TPSA) is 42.2 Å². The third kappa shape index (κ3) is 3.45. The van der Waals surface area contributed by atoms with Gasteiger partial charge in [-0.15, -0.1) is 0 Å². The average molecular weight is 262 g/mol. The third-order valence-corrected chi connectivity index (χ3v) is 2.98. The molecular weight excluding hydrogens is 246 g/mol. The standard InChI is InChI=1S/C14H16ClN3/c1-18(9-11-4-6-13(15)7-5-11)10-12-3-2-8-17-14(12)16/h2-8H,9-10H2,1H3,(H2,16,17). The maximum atomic E-state index is 5.86. The molecule has 3 nitrogen and oxygen atoms in total. The van der Waals surface area contributed by atoms with E-state index in [4.69, 9.17) is 17.3 Å². The highest BCUT2D eigenvalue weighted by molar-refractivity contribution is 6.30. The van der Waals surface area contributed by atoms with Crippen LogP contribution in [0, 0.1) is 0 Å². The number of anilines is 1. The fourth-order valence-electron chi connectivity index (χ4n) is 1.83. The van der Waals surface area contributed by atoms with Crippen molar-refractivity contribution in [1.29, 1.82) is 0 Å². The van der Waals surface area contributed by atoms with Crippen molar-refractivity contribution < 1.29 is 0 Å². The maximum Gasteiger partial charge on any atom is 0.127 e. The number of benzene rings is 1. The van der Waals surface area contributed by atoms with Gasteiger partial charge in [0.25, 0.3) is 0 Å². The van der Waals surface area contributed by atoms with Crippen LogP contribution in [0.15, 0.2) is 42.6 Å². The molecule has 1 aromatic heterocycles. The first-order chi connectivity index (χ1) is 8.65. The van der Waals surface area contributed by atoms with E-state index in [1.807, 2.05) is 36.4 Å². The fraction of sp³-hybridized carbons (Fsp3) is 0.214. The van der Waals surface area contributed by atoms with Crippen molar-refractivity contribution >= 4 is 17.4 Å². The lowest BCUT2D eigenvalue weighted by atomic mass is 10.2. The van der Waals surface area contributed by atoms with Crippen LogP contribution in [0.4, 0.5) is 5.82 Å². The number of hydrogen-bond acceptors (Lipinski definition) is 3. The van der Waals surface area contributed by atoms with Crippen LogP contribution in [0.3, 0.4) is 0 Å². The molecule has 0 unspecified atom stereocenters. The van der Waals surface area contributed by atoms with E-state index in [2.05, 4.69) is 16.9 Å². The molecule has 0 saturated heterocycles. The Morgan fingerprint density at radius 2 is 1.89 bits per heavy atom. The lowest BCUT2D eigenvalue weighted by molar-refractivity contribution is 0.319. The van der Waals surface area contributed by atoms with Gasteiger partial charge < -0.3 is 5.73 Å². The number of hydrogen-bond donors (Lipinski definition) is 1. The maximum absolute atomic E-state index is 5.86. The molecule has 0 aliphatic rings. The van der Waals surface area contributed by atoms with Gasteiger partial charge in [0, 0.05) is 29.9 Å². The predicted molar refractivity (Wildman–Crippen MR) is 75.3 cm³/mol. The van der Waals surface area contributed by atoms with Crippen LogP contribution in [-0.2, 0) is 13.1 Å². The molecule has 0 bridgehead atoms. The van der Waals surface area contributed by atoms with E-state index in [1.54, 1.807) is 6.20 Å². The van der Waals surface area contributed by atoms with Crippen molar-refractivity contribution in [1.82, 2.24) is 9.88 Å². The summed E-state index contributed by atoms with van der Waals surface area (Å²) < 4.78 is 0. The van der Waals surface area contributed by atoms with E-state index >= 15 is 0 Å². The molecule has 1 aromatic carbocycles. The second-order valence-electron chi connectivity index (χ2n) is 4.35. The van der Waals surface area contributed by atoms with Crippen LogP contribution < -0.4 is 5.73 Å².